The molecule has 2 heterocycles. The lowest BCUT2D eigenvalue weighted by atomic mass is 9.76. The van der Waals surface area contributed by atoms with Gasteiger partial charge in [0.1, 0.15) is 5.75 Å². The fraction of sp³-hybridized carbons (Fsp3) is 0.600. The molecule has 110 valence electrons. The van der Waals surface area contributed by atoms with Crippen molar-refractivity contribution in [1.29, 1.82) is 0 Å². The number of aliphatic carboxylic acids is 1. The smallest absolute Gasteiger partial charge is 0.309 e. The molecule has 1 fully saturated rings. The molecular weight excluding hydrogens is 256 g/mol. The maximum absolute atomic E-state index is 11.4. The summed E-state index contributed by atoms with van der Waals surface area (Å²) >= 11 is 0. The number of aryl methyl sites for hydroxylation is 1. The van der Waals surface area contributed by atoms with Crippen molar-refractivity contribution in [1.82, 2.24) is 9.88 Å². The molecule has 0 radical (unpaired) electrons. The second kappa shape index (κ2) is 5.79. The zero-order valence-electron chi connectivity index (χ0n) is 12.1. The highest BCUT2D eigenvalue weighted by atomic mass is 16.4. The van der Waals surface area contributed by atoms with E-state index in [4.69, 9.17) is 0 Å². The van der Waals surface area contributed by atoms with Gasteiger partial charge in [0.25, 0.3) is 0 Å². The van der Waals surface area contributed by atoms with E-state index in [0.29, 0.717) is 31.5 Å². The minimum Gasteiger partial charge on any atom is -0.506 e. The SMILES string of the molecule is CCC1(C(=O)O)CCN(Cc2nc(C)ccc2O)CC1. The molecule has 0 atom stereocenters. The van der Waals surface area contributed by atoms with Crippen LogP contribution < -0.4 is 0 Å². The Morgan fingerprint density at radius 3 is 2.60 bits per heavy atom. The molecule has 0 unspecified atom stereocenters. The van der Waals surface area contributed by atoms with Gasteiger partial charge in [-0.3, -0.25) is 14.7 Å². The molecule has 20 heavy (non-hydrogen) atoms. The summed E-state index contributed by atoms with van der Waals surface area (Å²) in [5.41, 5.74) is 0.978. The Morgan fingerprint density at radius 1 is 1.40 bits per heavy atom. The molecule has 1 saturated heterocycles. The van der Waals surface area contributed by atoms with Crippen LogP contribution in [0.25, 0.3) is 0 Å². The zero-order chi connectivity index (χ0) is 14.8. The van der Waals surface area contributed by atoms with Gasteiger partial charge in [0.15, 0.2) is 0 Å². The fourth-order valence-electron chi connectivity index (χ4n) is 2.79. The maximum atomic E-state index is 11.4. The number of carboxylic acid groups (broad SMARTS) is 1. The summed E-state index contributed by atoms with van der Waals surface area (Å²) in [6.07, 6.45) is 1.99. The highest BCUT2D eigenvalue weighted by Crippen LogP contribution is 2.35. The minimum atomic E-state index is -0.684. The van der Waals surface area contributed by atoms with Gasteiger partial charge in [0, 0.05) is 12.2 Å². The van der Waals surface area contributed by atoms with Gasteiger partial charge in [-0.25, -0.2) is 0 Å². The quantitative estimate of drug-likeness (QED) is 0.883. The van der Waals surface area contributed by atoms with E-state index in [0.717, 1.165) is 18.8 Å². The molecule has 1 aromatic rings. The number of pyridine rings is 1. The van der Waals surface area contributed by atoms with Crippen molar-refractivity contribution in [3.05, 3.63) is 23.5 Å². The third kappa shape index (κ3) is 2.93. The van der Waals surface area contributed by atoms with E-state index >= 15 is 0 Å². The third-order valence-electron chi connectivity index (χ3n) is 4.41. The summed E-state index contributed by atoms with van der Waals surface area (Å²) < 4.78 is 0. The van der Waals surface area contributed by atoms with E-state index in [1.165, 1.54) is 0 Å². The van der Waals surface area contributed by atoms with Crippen molar-refractivity contribution in [2.45, 2.75) is 39.7 Å². The van der Waals surface area contributed by atoms with Gasteiger partial charge in [-0.1, -0.05) is 6.92 Å². The molecule has 0 amide bonds. The van der Waals surface area contributed by atoms with Crippen LogP contribution in [0.15, 0.2) is 12.1 Å². The second-order valence-corrected chi connectivity index (χ2v) is 5.63. The van der Waals surface area contributed by atoms with Crippen LogP contribution in [0.4, 0.5) is 0 Å². The lowest BCUT2D eigenvalue weighted by Crippen LogP contribution is -2.43. The number of aromatic hydroxyl groups is 1. The minimum absolute atomic E-state index is 0.209. The number of hydrogen-bond donors (Lipinski definition) is 2. The number of rotatable bonds is 4. The molecule has 1 aromatic heterocycles. The van der Waals surface area contributed by atoms with Crippen molar-refractivity contribution in [2.75, 3.05) is 13.1 Å². The lowest BCUT2D eigenvalue weighted by Gasteiger charge is -2.38. The van der Waals surface area contributed by atoms with Crippen LogP contribution in [0.1, 0.15) is 37.6 Å². The summed E-state index contributed by atoms with van der Waals surface area (Å²) in [7, 11) is 0. The first-order chi connectivity index (χ1) is 9.47. The van der Waals surface area contributed by atoms with Crippen LogP contribution in [0, 0.1) is 12.3 Å². The number of likely N-dealkylation sites (tertiary alicyclic amines) is 1. The van der Waals surface area contributed by atoms with Crippen molar-refractivity contribution in [2.24, 2.45) is 5.41 Å². The first-order valence-electron chi connectivity index (χ1n) is 7.08. The van der Waals surface area contributed by atoms with Crippen LogP contribution in [0.3, 0.4) is 0 Å². The van der Waals surface area contributed by atoms with E-state index in [1.54, 1.807) is 12.1 Å². The molecular formula is C15H22N2O3. The molecule has 5 nitrogen and oxygen atoms in total. The summed E-state index contributed by atoms with van der Waals surface area (Å²) in [6.45, 7) is 5.88. The summed E-state index contributed by atoms with van der Waals surface area (Å²) in [4.78, 5) is 17.9. The second-order valence-electron chi connectivity index (χ2n) is 5.63. The largest absolute Gasteiger partial charge is 0.506 e. The summed E-state index contributed by atoms with van der Waals surface area (Å²) in [6, 6.07) is 3.44. The first-order valence-corrected chi connectivity index (χ1v) is 7.08. The number of aromatic nitrogens is 1. The number of carbonyl (C=O) groups is 1. The molecule has 1 aliphatic heterocycles. The monoisotopic (exact) mass is 278 g/mol. The lowest BCUT2D eigenvalue weighted by molar-refractivity contribution is -0.152. The topological polar surface area (TPSA) is 73.7 Å². The number of hydrogen-bond acceptors (Lipinski definition) is 4. The molecule has 2 rings (SSSR count). The zero-order valence-corrected chi connectivity index (χ0v) is 12.1. The normalized spacial score (nSPS) is 18.9. The number of nitrogens with zero attached hydrogens (tertiary/aromatic N) is 2. The van der Waals surface area contributed by atoms with Gasteiger partial charge >= 0.3 is 5.97 Å². The van der Waals surface area contributed by atoms with Crippen LogP contribution in [0.5, 0.6) is 5.75 Å². The van der Waals surface area contributed by atoms with Crippen molar-refractivity contribution >= 4 is 5.97 Å². The Balaban J connectivity index is 2.01. The summed E-state index contributed by atoms with van der Waals surface area (Å²) in [5.74, 6) is -0.475. The Morgan fingerprint density at radius 2 is 2.05 bits per heavy atom. The highest BCUT2D eigenvalue weighted by Gasteiger charge is 2.39. The highest BCUT2D eigenvalue weighted by molar-refractivity contribution is 5.74. The van der Waals surface area contributed by atoms with E-state index in [-0.39, 0.29) is 5.75 Å². The Labute approximate surface area is 119 Å². The number of carboxylic acids is 1. The maximum Gasteiger partial charge on any atom is 0.309 e. The van der Waals surface area contributed by atoms with Crippen LogP contribution in [-0.2, 0) is 11.3 Å². The average molecular weight is 278 g/mol. The van der Waals surface area contributed by atoms with Gasteiger partial charge < -0.3 is 10.2 Å². The predicted molar refractivity (Wildman–Crippen MR) is 75.5 cm³/mol. The molecule has 0 spiro atoms. The average Bonchev–Trinajstić information content (AvgIpc) is 2.43. The first kappa shape index (κ1) is 14.8. The van der Waals surface area contributed by atoms with Crippen LogP contribution in [-0.4, -0.2) is 39.2 Å². The van der Waals surface area contributed by atoms with Crippen molar-refractivity contribution in [3.8, 4) is 5.75 Å². The van der Waals surface area contributed by atoms with Gasteiger partial charge in [-0.2, -0.15) is 0 Å². The standard InChI is InChI=1S/C15H22N2O3/c1-3-15(14(19)20)6-8-17(9-7-15)10-12-13(18)5-4-11(2)16-12/h4-5,18H,3,6-10H2,1-2H3,(H,19,20). The third-order valence-corrected chi connectivity index (χ3v) is 4.41. The van der Waals surface area contributed by atoms with E-state index in [9.17, 15) is 15.0 Å². The van der Waals surface area contributed by atoms with Crippen LogP contribution in [0.2, 0.25) is 0 Å². The fourth-order valence-corrected chi connectivity index (χ4v) is 2.79. The molecule has 0 aliphatic carbocycles. The van der Waals surface area contributed by atoms with E-state index < -0.39 is 11.4 Å². The molecule has 0 aromatic carbocycles. The van der Waals surface area contributed by atoms with Crippen molar-refractivity contribution < 1.29 is 15.0 Å². The molecule has 2 N–H and O–H groups in total. The molecule has 0 bridgehead atoms. The molecule has 5 heteroatoms. The Kier molecular flexibility index (Phi) is 4.28. The van der Waals surface area contributed by atoms with Crippen molar-refractivity contribution in [3.63, 3.8) is 0 Å². The van der Waals surface area contributed by atoms with Gasteiger partial charge in [0.05, 0.1) is 11.1 Å². The molecule has 0 saturated carbocycles. The van der Waals surface area contributed by atoms with Gasteiger partial charge in [-0.15, -0.1) is 0 Å². The Hall–Kier alpha value is -1.62. The van der Waals surface area contributed by atoms with Gasteiger partial charge in [0.2, 0.25) is 0 Å². The molecule has 1 aliphatic rings. The Bertz CT molecular complexity index is 494. The van der Waals surface area contributed by atoms with E-state index in [1.807, 2.05) is 13.8 Å². The van der Waals surface area contributed by atoms with E-state index in [2.05, 4.69) is 9.88 Å². The van der Waals surface area contributed by atoms with Crippen LogP contribution >= 0.6 is 0 Å². The summed E-state index contributed by atoms with van der Waals surface area (Å²) in [5, 5.41) is 19.2. The predicted octanol–water partition coefficient (Wildman–Crippen LogP) is 2.17. The van der Waals surface area contributed by atoms with Gasteiger partial charge in [-0.05, 0) is 51.4 Å². The number of piperidine rings is 1.